The third-order valence-corrected chi connectivity index (χ3v) is 3.69. The Morgan fingerprint density at radius 3 is 2.68 bits per heavy atom. The van der Waals surface area contributed by atoms with Crippen LogP contribution in [0.2, 0.25) is 10.0 Å². The molecule has 0 spiro atoms. The van der Waals surface area contributed by atoms with Gasteiger partial charge in [0.2, 0.25) is 5.91 Å². The predicted octanol–water partition coefficient (Wildman–Crippen LogP) is 2.65. The smallest absolute Gasteiger partial charge is 0.224 e. The van der Waals surface area contributed by atoms with Crippen molar-refractivity contribution < 1.29 is 9.53 Å². The van der Waals surface area contributed by atoms with E-state index in [1.807, 2.05) is 11.0 Å². The van der Waals surface area contributed by atoms with Crippen LogP contribution in [0.3, 0.4) is 0 Å². The lowest BCUT2D eigenvalue weighted by Gasteiger charge is -2.26. The fourth-order valence-corrected chi connectivity index (χ4v) is 2.19. The van der Waals surface area contributed by atoms with Gasteiger partial charge in [0, 0.05) is 31.7 Å². The first-order valence-corrected chi connectivity index (χ1v) is 6.97. The van der Waals surface area contributed by atoms with Crippen molar-refractivity contribution >= 4 is 34.8 Å². The topological polar surface area (TPSA) is 41.6 Å². The van der Waals surface area contributed by atoms with Crippen LogP contribution >= 0.6 is 23.2 Å². The molecule has 19 heavy (non-hydrogen) atoms. The molecule has 1 aliphatic rings. The molecule has 1 aromatic carbocycles. The van der Waals surface area contributed by atoms with Gasteiger partial charge in [0.25, 0.3) is 0 Å². The summed E-state index contributed by atoms with van der Waals surface area (Å²) in [4.78, 5) is 13.7. The second-order valence-electron chi connectivity index (χ2n) is 4.30. The molecular formula is C13H16Cl2N2O2. The second-order valence-corrected chi connectivity index (χ2v) is 5.11. The van der Waals surface area contributed by atoms with E-state index in [9.17, 15) is 4.79 Å². The van der Waals surface area contributed by atoms with E-state index in [0.29, 0.717) is 49.3 Å². The van der Waals surface area contributed by atoms with Gasteiger partial charge in [0.1, 0.15) is 0 Å². The molecule has 1 aromatic rings. The van der Waals surface area contributed by atoms with Gasteiger partial charge in [-0.1, -0.05) is 23.2 Å². The maximum Gasteiger partial charge on any atom is 0.224 e. The number of anilines is 1. The molecule has 0 aromatic heterocycles. The molecule has 4 nitrogen and oxygen atoms in total. The number of hydrogen-bond donors (Lipinski definition) is 1. The SMILES string of the molecule is O=C(CCNc1ccc(Cl)c(Cl)c1)N1CCOCC1. The van der Waals surface area contributed by atoms with Gasteiger partial charge < -0.3 is 15.0 Å². The molecule has 0 aliphatic carbocycles. The lowest BCUT2D eigenvalue weighted by molar-refractivity contribution is -0.134. The summed E-state index contributed by atoms with van der Waals surface area (Å²) in [5, 5.41) is 4.19. The van der Waals surface area contributed by atoms with Gasteiger partial charge in [0.05, 0.1) is 23.3 Å². The van der Waals surface area contributed by atoms with Crippen molar-refractivity contribution in [1.29, 1.82) is 0 Å². The zero-order chi connectivity index (χ0) is 13.7. The highest BCUT2D eigenvalue weighted by Crippen LogP contribution is 2.24. The maximum absolute atomic E-state index is 11.9. The van der Waals surface area contributed by atoms with Crippen molar-refractivity contribution in [3.05, 3.63) is 28.2 Å². The highest BCUT2D eigenvalue weighted by Gasteiger charge is 2.15. The van der Waals surface area contributed by atoms with Crippen molar-refractivity contribution in [2.45, 2.75) is 6.42 Å². The Kier molecular flexibility index (Phi) is 5.31. The first-order valence-electron chi connectivity index (χ1n) is 6.21. The van der Waals surface area contributed by atoms with Gasteiger partial charge in [-0.15, -0.1) is 0 Å². The molecule has 1 amide bonds. The zero-order valence-corrected chi connectivity index (χ0v) is 12.0. The number of halogens is 2. The van der Waals surface area contributed by atoms with Gasteiger partial charge in [-0.05, 0) is 18.2 Å². The molecule has 6 heteroatoms. The van der Waals surface area contributed by atoms with E-state index in [0.717, 1.165) is 5.69 Å². The van der Waals surface area contributed by atoms with Crippen molar-refractivity contribution in [2.24, 2.45) is 0 Å². The lowest BCUT2D eigenvalue weighted by atomic mass is 10.3. The molecule has 1 N–H and O–H groups in total. The number of carbonyl (C=O) groups is 1. The Morgan fingerprint density at radius 2 is 2.00 bits per heavy atom. The minimum absolute atomic E-state index is 0.149. The van der Waals surface area contributed by atoms with Crippen LogP contribution in [-0.2, 0) is 9.53 Å². The van der Waals surface area contributed by atoms with Crippen LogP contribution in [0.1, 0.15) is 6.42 Å². The summed E-state index contributed by atoms with van der Waals surface area (Å²) in [7, 11) is 0. The van der Waals surface area contributed by atoms with E-state index in [2.05, 4.69) is 5.32 Å². The van der Waals surface area contributed by atoms with Gasteiger partial charge in [-0.2, -0.15) is 0 Å². The second kappa shape index (κ2) is 6.98. The molecular weight excluding hydrogens is 287 g/mol. The molecule has 0 atom stereocenters. The van der Waals surface area contributed by atoms with Crippen LogP contribution in [0.5, 0.6) is 0 Å². The fraction of sp³-hybridized carbons (Fsp3) is 0.462. The molecule has 0 radical (unpaired) electrons. The summed E-state index contributed by atoms with van der Waals surface area (Å²) in [6.45, 7) is 3.21. The number of amides is 1. The average Bonchev–Trinajstić information content (AvgIpc) is 2.43. The number of nitrogens with zero attached hydrogens (tertiary/aromatic N) is 1. The summed E-state index contributed by atoms with van der Waals surface area (Å²) >= 11 is 11.8. The zero-order valence-electron chi connectivity index (χ0n) is 10.5. The summed E-state index contributed by atoms with van der Waals surface area (Å²) in [6.07, 6.45) is 0.459. The largest absolute Gasteiger partial charge is 0.384 e. The Bertz CT molecular complexity index is 448. The Hall–Kier alpha value is -0.970. The number of nitrogens with one attached hydrogen (secondary N) is 1. The first kappa shape index (κ1) is 14.4. The number of benzene rings is 1. The number of carbonyl (C=O) groups excluding carboxylic acids is 1. The fourth-order valence-electron chi connectivity index (χ4n) is 1.89. The van der Waals surface area contributed by atoms with Crippen molar-refractivity contribution in [3.63, 3.8) is 0 Å². The molecule has 0 bridgehead atoms. The van der Waals surface area contributed by atoms with E-state index in [1.54, 1.807) is 12.1 Å². The predicted molar refractivity (Wildman–Crippen MR) is 77.0 cm³/mol. The van der Waals surface area contributed by atoms with Crippen LogP contribution in [0.4, 0.5) is 5.69 Å². The summed E-state index contributed by atoms with van der Waals surface area (Å²) in [6, 6.07) is 5.33. The van der Waals surface area contributed by atoms with Crippen LogP contribution in [0, 0.1) is 0 Å². The molecule has 0 saturated carbocycles. The number of rotatable bonds is 4. The summed E-state index contributed by atoms with van der Waals surface area (Å²) < 4.78 is 5.21. The van der Waals surface area contributed by atoms with Crippen LogP contribution in [-0.4, -0.2) is 43.7 Å². The van der Waals surface area contributed by atoms with Crippen LogP contribution < -0.4 is 5.32 Å². The third kappa shape index (κ3) is 4.27. The molecule has 0 unspecified atom stereocenters. The molecule has 1 fully saturated rings. The molecule has 1 heterocycles. The summed E-state index contributed by atoms with van der Waals surface area (Å²) in [5.74, 6) is 0.149. The third-order valence-electron chi connectivity index (χ3n) is 2.95. The number of ether oxygens (including phenoxy) is 1. The lowest BCUT2D eigenvalue weighted by Crippen LogP contribution is -2.41. The van der Waals surface area contributed by atoms with E-state index < -0.39 is 0 Å². The minimum atomic E-state index is 0.149. The standard InChI is InChI=1S/C13H16Cl2N2O2/c14-11-2-1-10(9-12(11)15)16-4-3-13(18)17-5-7-19-8-6-17/h1-2,9,16H,3-8H2. The first-order chi connectivity index (χ1) is 9.16. The quantitative estimate of drug-likeness (QED) is 0.930. The van der Waals surface area contributed by atoms with Crippen molar-refractivity contribution in [2.75, 3.05) is 38.2 Å². The Morgan fingerprint density at radius 1 is 1.26 bits per heavy atom. The van der Waals surface area contributed by atoms with E-state index in [4.69, 9.17) is 27.9 Å². The van der Waals surface area contributed by atoms with E-state index >= 15 is 0 Å². The van der Waals surface area contributed by atoms with E-state index in [1.165, 1.54) is 0 Å². The Labute approximate surface area is 122 Å². The van der Waals surface area contributed by atoms with Gasteiger partial charge in [-0.3, -0.25) is 4.79 Å². The molecule has 1 saturated heterocycles. The summed E-state index contributed by atoms with van der Waals surface area (Å²) in [5.41, 5.74) is 0.865. The molecule has 2 rings (SSSR count). The molecule has 1 aliphatic heterocycles. The van der Waals surface area contributed by atoms with E-state index in [-0.39, 0.29) is 5.91 Å². The van der Waals surface area contributed by atoms with Crippen molar-refractivity contribution in [3.8, 4) is 0 Å². The van der Waals surface area contributed by atoms with Gasteiger partial charge in [-0.25, -0.2) is 0 Å². The monoisotopic (exact) mass is 302 g/mol. The highest BCUT2D eigenvalue weighted by atomic mass is 35.5. The van der Waals surface area contributed by atoms with Crippen molar-refractivity contribution in [1.82, 2.24) is 4.90 Å². The van der Waals surface area contributed by atoms with Crippen LogP contribution in [0.25, 0.3) is 0 Å². The van der Waals surface area contributed by atoms with Gasteiger partial charge >= 0.3 is 0 Å². The average molecular weight is 303 g/mol. The number of morpholine rings is 1. The highest BCUT2D eigenvalue weighted by molar-refractivity contribution is 6.42. The normalized spacial score (nSPS) is 15.4. The molecule has 104 valence electrons. The van der Waals surface area contributed by atoms with Crippen LogP contribution in [0.15, 0.2) is 18.2 Å². The van der Waals surface area contributed by atoms with Gasteiger partial charge in [0.15, 0.2) is 0 Å². The minimum Gasteiger partial charge on any atom is -0.384 e. The Balaban J connectivity index is 1.76. The number of hydrogen-bond acceptors (Lipinski definition) is 3. The maximum atomic E-state index is 11.9.